The molecule has 0 aliphatic carbocycles. The molecular formula is C15H21NO5. The number of rotatable bonds is 7. The first kappa shape index (κ1) is 15.6. The van der Waals surface area contributed by atoms with Gasteiger partial charge in [-0.3, -0.25) is 4.79 Å². The molecule has 1 aromatic heterocycles. The topological polar surface area (TPSA) is 88.8 Å². The van der Waals surface area contributed by atoms with Crippen LogP contribution in [0.15, 0.2) is 16.5 Å². The molecular weight excluding hydrogens is 274 g/mol. The van der Waals surface area contributed by atoms with Crippen LogP contribution in [0.3, 0.4) is 0 Å². The highest BCUT2D eigenvalue weighted by atomic mass is 16.5. The van der Waals surface area contributed by atoms with Gasteiger partial charge in [0.15, 0.2) is 0 Å². The Morgan fingerprint density at radius 3 is 2.71 bits per heavy atom. The zero-order valence-electron chi connectivity index (χ0n) is 12.0. The van der Waals surface area contributed by atoms with Crippen molar-refractivity contribution in [3.63, 3.8) is 0 Å². The molecule has 0 unspecified atom stereocenters. The SMILES string of the molecule is O=C(CCCC1CCOCC1)NCc1ccc(C(=O)O)o1. The number of carbonyl (C=O) groups excluding carboxylic acids is 1. The smallest absolute Gasteiger partial charge is 0.371 e. The molecule has 2 N–H and O–H groups in total. The summed E-state index contributed by atoms with van der Waals surface area (Å²) >= 11 is 0. The Kier molecular flexibility index (Phi) is 5.80. The second-order valence-electron chi connectivity index (χ2n) is 5.30. The van der Waals surface area contributed by atoms with Gasteiger partial charge in [0.2, 0.25) is 11.7 Å². The maximum absolute atomic E-state index is 11.7. The van der Waals surface area contributed by atoms with E-state index in [4.69, 9.17) is 14.3 Å². The van der Waals surface area contributed by atoms with Gasteiger partial charge in [-0.2, -0.15) is 0 Å². The maximum atomic E-state index is 11.7. The van der Waals surface area contributed by atoms with Crippen molar-refractivity contribution in [3.05, 3.63) is 23.7 Å². The van der Waals surface area contributed by atoms with E-state index in [2.05, 4.69) is 5.32 Å². The summed E-state index contributed by atoms with van der Waals surface area (Å²) in [5.41, 5.74) is 0. The highest BCUT2D eigenvalue weighted by Gasteiger charge is 2.14. The molecule has 0 saturated carbocycles. The molecule has 6 nitrogen and oxygen atoms in total. The lowest BCUT2D eigenvalue weighted by atomic mass is 9.94. The van der Waals surface area contributed by atoms with Gasteiger partial charge < -0.3 is 19.6 Å². The highest BCUT2D eigenvalue weighted by molar-refractivity contribution is 5.84. The fourth-order valence-electron chi connectivity index (χ4n) is 2.45. The fourth-order valence-corrected chi connectivity index (χ4v) is 2.45. The number of furan rings is 1. The monoisotopic (exact) mass is 295 g/mol. The minimum atomic E-state index is -1.11. The minimum Gasteiger partial charge on any atom is -0.475 e. The summed E-state index contributed by atoms with van der Waals surface area (Å²) < 4.78 is 10.4. The lowest BCUT2D eigenvalue weighted by molar-refractivity contribution is -0.121. The molecule has 1 saturated heterocycles. The second-order valence-corrected chi connectivity index (χ2v) is 5.30. The number of carboxylic acids is 1. The third kappa shape index (κ3) is 5.23. The molecule has 0 atom stereocenters. The number of hydrogen-bond acceptors (Lipinski definition) is 4. The van der Waals surface area contributed by atoms with Crippen molar-refractivity contribution in [2.45, 2.75) is 38.6 Å². The Labute approximate surface area is 123 Å². The molecule has 2 rings (SSSR count). The number of carboxylic acid groups (broad SMARTS) is 1. The molecule has 6 heteroatoms. The van der Waals surface area contributed by atoms with Gasteiger partial charge in [0.1, 0.15) is 5.76 Å². The van der Waals surface area contributed by atoms with Gasteiger partial charge in [0.25, 0.3) is 0 Å². The molecule has 1 aliphatic rings. The molecule has 1 aliphatic heterocycles. The van der Waals surface area contributed by atoms with Gasteiger partial charge in [-0.15, -0.1) is 0 Å². The third-order valence-corrected chi connectivity index (χ3v) is 3.69. The van der Waals surface area contributed by atoms with E-state index < -0.39 is 5.97 Å². The normalized spacial score (nSPS) is 15.8. The predicted molar refractivity (Wildman–Crippen MR) is 74.9 cm³/mol. The van der Waals surface area contributed by atoms with E-state index in [1.54, 1.807) is 6.07 Å². The summed E-state index contributed by atoms with van der Waals surface area (Å²) in [4.78, 5) is 22.4. The first-order chi connectivity index (χ1) is 10.1. The third-order valence-electron chi connectivity index (χ3n) is 3.69. The van der Waals surface area contributed by atoms with Gasteiger partial charge in [0.05, 0.1) is 6.54 Å². The van der Waals surface area contributed by atoms with Crippen LogP contribution < -0.4 is 5.32 Å². The average Bonchev–Trinajstić information content (AvgIpc) is 2.95. The quantitative estimate of drug-likeness (QED) is 0.805. The molecule has 21 heavy (non-hydrogen) atoms. The van der Waals surface area contributed by atoms with Crippen LogP contribution in [0.2, 0.25) is 0 Å². The zero-order chi connectivity index (χ0) is 15.1. The van der Waals surface area contributed by atoms with E-state index in [1.165, 1.54) is 6.07 Å². The maximum Gasteiger partial charge on any atom is 0.371 e. The van der Waals surface area contributed by atoms with Gasteiger partial charge in [-0.1, -0.05) is 0 Å². The van der Waals surface area contributed by atoms with E-state index in [9.17, 15) is 9.59 Å². The minimum absolute atomic E-state index is 0.0321. The van der Waals surface area contributed by atoms with Gasteiger partial charge in [-0.25, -0.2) is 4.79 Å². The largest absolute Gasteiger partial charge is 0.475 e. The summed E-state index contributed by atoms with van der Waals surface area (Å²) in [6, 6.07) is 2.95. The molecule has 0 spiro atoms. The van der Waals surface area contributed by atoms with Crippen LogP contribution in [0.25, 0.3) is 0 Å². The van der Waals surface area contributed by atoms with Crippen molar-refractivity contribution < 1.29 is 23.8 Å². The Hall–Kier alpha value is -1.82. The number of hydrogen-bond donors (Lipinski definition) is 2. The second kappa shape index (κ2) is 7.83. The zero-order valence-corrected chi connectivity index (χ0v) is 12.0. The molecule has 1 fully saturated rings. The van der Waals surface area contributed by atoms with Gasteiger partial charge in [-0.05, 0) is 43.7 Å². The number of amides is 1. The van der Waals surface area contributed by atoms with Crippen LogP contribution >= 0.6 is 0 Å². The summed E-state index contributed by atoms with van der Waals surface area (Å²) in [6.45, 7) is 1.89. The van der Waals surface area contributed by atoms with Crippen LogP contribution in [0, 0.1) is 5.92 Å². The van der Waals surface area contributed by atoms with E-state index in [0.29, 0.717) is 18.1 Å². The lowest BCUT2D eigenvalue weighted by Crippen LogP contribution is -2.22. The van der Waals surface area contributed by atoms with E-state index in [-0.39, 0.29) is 18.2 Å². The van der Waals surface area contributed by atoms with Crippen LogP contribution in [0.4, 0.5) is 0 Å². The molecule has 2 heterocycles. The summed E-state index contributed by atoms with van der Waals surface area (Å²) in [5, 5.41) is 11.5. The average molecular weight is 295 g/mol. The first-order valence-corrected chi connectivity index (χ1v) is 7.31. The Bertz CT molecular complexity index is 476. The number of ether oxygens (including phenoxy) is 1. The van der Waals surface area contributed by atoms with Crippen molar-refractivity contribution in [2.75, 3.05) is 13.2 Å². The predicted octanol–water partition coefficient (Wildman–Crippen LogP) is 2.19. The van der Waals surface area contributed by atoms with Crippen molar-refractivity contribution in [1.82, 2.24) is 5.32 Å². The van der Waals surface area contributed by atoms with Gasteiger partial charge >= 0.3 is 5.97 Å². The van der Waals surface area contributed by atoms with Crippen molar-refractivity contribution in [1.29, 1.82) is 0 Å². The van der Waals surface area contributed by atoms with Crippen LogP contribution in [-0.2, 0) is 16.1 Å². The van der Waals surface area contributed by atoms with E-state index >= 15 is 0 Å². The summed E-state index contributed by atoms with van der Waals surface area (Å²) in [5.74, 6) is -0.127. The van der Waals surface area contributed by atoms with Gasteiger partial charge in [0, 0.05) is 19.6 Å². The lowest BCUT2D eigenvalue weighted by Gasteiger charge is -2.21. The molecule has 0 aromatic carbocycles. The van der Waals surface area contributed by atoms with Crippen LogP contribution in [0.5, 0.6) is 0 Å². The van der Waals surface area contributed by atoms with E-state index in [0.717, 1.165) is 38.9 Å². The molecule has 0 bridgehead atoms. The molecule has 0 radical (unpaired) electrons. The highest BCUT2D eigenvalue weighted by Crippen LogP contribution is 2.20. The number of carbonyl (C=O) groups is 2. The standard InChI is InChI=1S/C15H21NO5/c17-14(3-1-2-11-6-8-20-9-7-11)16-10-12-4-5-13(21-12)15(18)19/h4-5,11H,1-3,6-10H2,(H,16,17)(H,18,19). The van der Waals surface area contributed by atoms with Crippen molar-refractivity contribution in [3.8, 4) is 0 Å². The summed E-state index contributed by atoms with van der Waals surface area (Å²) in [6.07, 6.45) is 4.59. The summed E-state index contributed by atoms with van der Waals surface area (Å²) in [7, 11) is 0. The first-order valence-electron chi connectivity index (χ1n) is 7.31. The molecule has 116 valence electrons. The fraction of sp³-hybridized carbons (Fsp3) is 0.600. The molecule has 1 aromatic rings. The molecule has 1 amide bonds. The van der Waals surface area contributed by atoms with Crippen molar-refractivity contribution >= 4 is 11.9 Å². The number of aromatic carboxylic acids is 1. The number of nitrogens with one attached hydrogen (secondary N) is 1. The Morgan fingerprint density at radius 2 is 2.05 bits per heavy atom. The Balaban J connectivity index is 1.61. The van der Waals surface area contributed by atoms with Crippen molar-refractivity contribution in [2.24, 2.45) is 5.92 Å². The Morgan fingerprint density at radius 1 is 1.29 bits per heavy atom. The van der Waals surface area contributed by atoms with Crippen LogP contribution in [0.1, 0.15) is 48.4 Å². The van der Waals surface area contributed by atoms with Crippen LogP contribution in [-0.4, -0.2) is 30.2 Å². The van der Waals surface area contributed by atoms with E-state index in [1.807, 2.05) is 0 Å².